The number of aliphatic imine (C=N–C) groups is 1. The summed E-state index contributed by atoms with van der Waals surface area (Å²) in [5.41, 5.74) is 15.2. The number of esters is 2. The quantitative estimate of drug-likeness (QED) is 0.0637. The van der Waals surface area contributed by atoms with E-state index in [0.717, 1.165) is 35.6 Å². The summed E-state index contributed by atoms with van der Waals surface area (Å²) in [5.74, 6) is 0.811. The van der Waals surface area contributed by atoms with Crippen LogP contribution in [0, 0.1) is 0 Å². The molecule has 0 saturated heterocycles. The van der Waals surface area contributed by atoms with E-state index in [4.69, 9.17) is 30.4 Å². The third kappa shape index (κ3) is 10.8. The van der Waals surface area contributed by atoms with Crippen LogP contribution < -0.4 is 20.9 Å². The molecule has 0 aliphatic carbocycles. The Morgan fingerprint density at radius 1 is 0.545 bits per heavy atom. The highest BCUT2D eigenvalue weighted by Crippen LogP contribution is 2.19. The van der Waals surface area contributed by atoms with Crippen LogP contribution in [0.25, 0.3) is 0 Å². The fraction of sp³-hybridized carbons (Fsp3) is 0.229. The highest BCUT2D eigenvalue weighted by atomic mass is 16.5. The number of nitrogen functional groups attached to an aromatic ring is 2. The fourth-order valence-electron chi connectivity index (χ4n) is 3.95. The SMILES string of the molecule is Nc1ccc(C(=O)OCCCCOc2ccc(C=Nc3ccc(OCCCCOC(=O)c4ccc(N)cc4)cc3)cc2)cc1. The molecule has 9 nitrogen and oxygen atoms in total. The van der Waals surface area contributed by atoms with E-state index in [0.29, 0.717) is 61.8 Å². The minimum absolute atomic E-state index is 0.332. The van der Waals surface area contributed by atoms with Crippen LogP contribution in [-0.2, 0) is 9.47 Å². The van der Waals surface area contributed by atoms with Gasteiger partial charge in [-0.1, -0.05) is 0 Å². The number of carbonyl (C=O) groups is 2. The van der Waals surface area contributed by atoms with E-state index in [9.17, 15) is 9.59 Å². The van der Waals surface area contributed by atoms with Crippen LogP contribution >= 0.6 is 0 Å². The first-order chi connectivity index (χ1) is 21.5. The number of hydrogen-bond acceptors (Lipinski definition) is 9. The molecule has 0 spiro atoms. The molecule has 4 N–H and O–H groups in total. The van der Waals surface area contributed by atoms with Crippen molar-refractivity contribution in [3.8, 4) is 11.5 Å². The second-order valence-corrected chi connectivity index (χ2v) is 9.95. The second kappa shape index (κ2) is 17.0. The van der Waals surface area contributed by atoms with Crippen molar-refractivity contribution in [3.63, 3.8) is 0 Å². The molecule has 44 heavy (non-hydrogen) atoms. The lowest BCUT2D eigenvalue weighted by atomic mass is 10.2. The summed E-state index contributed by atoms with van der Waals surface area (Å²) in [7, 11) is 0. The monoisotopic (exact) mass is 595 g/mol. The zero-order valence-electron chi connectivity index (χ0n) is 24.5. The van der Waals surface area contributed by atoms with Crippen LogP contribution in [0.3, 0.4) is 0 Å². The number of benzene rings is 4. The molecular weight excluding hydrogens is 558 g/mol. The molecule has 4 aromatic rings. The molecular formula is C35H37N3O6. The minimum atomic E-state index is -0.355. The van der Waals surface area contributed by atoms with Crippen molar-refractivity contribution < 1.29 is 28.5 Å². The second-order valence-electron chi connectivity index (χ2n) is 9.95. The van der Waals surface area contributed by atoms with Crippen molar-refractivity contribution in [1.82, 2.24) is 0 Å². The van der Waals surface area contributed by atoms with Gasteiger partial charge in [0.25, 0.3) is 0 Å². The largest absolute Gasteiger partial charge is 0.494 e. The molecule has 4 aromatic carbocycles. The highest BCUT2D eigenvalue weighted by molar-refractivity contribution is 5.90. The topological polar surface area (TPSA) is 135 Å². The molecule has 9 heteroatoms. The summed E-state index contributed by atoms with van der Waals surface area (Å²) in [4.78, 5) is 28.5. The summed E-state index contributed by atoms with van der Waals surface area (Å²) >= 11 is 0. The zero-order chi connectivity index (χ0) is 31.0. The maximum Gasteiger partial charge on any atom is 0.338 e. The number of unbranched alkanes of at least 4 members (excludes halogenated alkanes) is 2. The average Bonchev–Trinajstić information content (AvgIpc) is 3.05. The Morgan fingerprint density at radius 2 is 0.955 bits per heavy atom. The number of rotatable bonds is 16. The predicted octanol–water partition coefficient (Wildman–Crippen LogP) is 6.63. The van der Waals surface area contributed by atoms with Crippen molar-refractivity contribution >= 4 is 35.2 Å². The van der Waals surface area contributed by atoms with Crippen molar-refractivity contribution in [1.29, 1.82) is 0 Å². The smallest absolute Gasteiger partial charge is 0.338 e. The van der Waals surface area contributed by atoms with E-state index >= 15 is 0 Å². The minimum Gasteiger partial charge on any atom is -0.494 e. The van der Waals surface area contributed by atoms with E-state index in [-0.39, 0.29) is 11.9 Å². The Hall–Kier alpha value is -5.31. The van der Waals surface area contributed by atoms with Gasteiger partial charge in [-0.2, -0.15) is 0 Å². The lowest BCUT2D eigenvalue weighted by molar-refractivity contribution is 0.0485. The number of nitrogens with two attached hydrogens (primary N) is 2. The van der Waals surface area contributed by atoms with E-state index in [1.807, 2.05) is 48.5 Å². The molecule has 0 aliphatic rings. The Balaban J connectivity index is 1.06. The van der Waals surface area contributed by atoms with Gasteiger partial charge in [-0.25, -0.2) is 9.59 Å². The number of ether oxygens (including phenoxy) is 4. The average molecular weight is 596 g/mol. The fourth-order valence-corrected chi connectivity index (χ4v) is 3.95. The van der Waals surface area contributed by atoms with Gasteiger partial charge in [0, 0.05) is 17.6 Å². The Labute approximate surface area is 257 Å². The lowest BCUT2D eigenvalue weighted by Gasteiger charge is -2.08. The van der Waals surface area contributed by atoms with Crippen LogP contribution in [-0.4, -0.2) is 44.6 Å². The molecule has 4 rings (SSSR count). The standard InChI is InChI=1S/C35H37N3O6/c36-29-11-7-27(8-12-29)34(39)43-23-3-1-21-41-32-17-5-26(6-18-32)25-38-31-15-19-33(20-16-31)42-22-2-4-24-44-35(40)28-9-13-30(37)14-10-28/h5-20,25H,1-4,21-24,36-37H2. The van der Waals surface area contributed by atoms with Crippen LogP contribution in [0.5, 0.6) is 11.5 Å². The van der Waals surface area contributed by atoms with Gasteiger partial charge >= 0.3 is 11.9 Å². The third-order valence-corrected chi connectivity index (χ3v) is 6.45. The van der Waals surface area contributed by atoms with Crippen molar-refractivity contribution in [3.05, 3.63) is 114 Å². The molecule has 228 valence electrons. The molecule has 0 amide bonds. The first-order valence-corrected chi connectivity index (χ1v) is 14.5. The van der Waals surface area contributed by atoms with Gasteiger partial charge in [-0.15, -0.1) is 0 Å². The zero-order valence-corrected chi connectivity index (χ0v) is 24.5. The van der Waals surface area contributed by atoms with Gasteiger partial charge in [0.1, 0.15) is 11.5 Å². The highest BCUT2D eigenvalue weighted by Gasteiger charge is 2.07. The molecule has 0 saturated carbocycles. The van der Waals surface area contributed by atoms with Gasteiger partial charge < -0.3 is 30.4 Å². The lowest BCUT2D eigenvalue weighted by Crippen LogP contribution is -2.07. The van der Waals surface area contributed by atoms with Crippen LogP contribution in [0.1, 0.15) is 52.0 Å². The van der Waals surface area contributed by atoms with Crippen molar-refractivity contribution in [2.75, 3.05) is 37.9 Å². The molecule has 0 aromatic heterocycles. The maximum atomic E-state index is 12.0. The number of anilines is 2. The summed E-state index contributed by atoms with van der Waals surface area (Å²) in [5, 5.41) is 0. The van der Waals surface area contributed by atoms with E-state index < -0.39 is 0 Å². The van der Waals surface area contributed by atoms with Crippen LogP contribution in [0.4, 0.5) is 17.1 Å². The van der Waals surface area contributed by atoms with E-state index in [1.165, 1.54) is 0 Å². The first kappa shape index (κ1) is 31.6. The predicted molar refractivity (Wildman–Crippen MR) is 172 cm³/mol. The van der Waals surface area contributed by atoms with E-state index in [1.54, 1.807) is 54.7 Å². The normalized spacial score (nSPS) is 10.8. The molecule has 0 unspecified atom stereocenters. The summed E-state index contributed by atoms with van der Waals surface area (Å²) < 4.78 is 22.1. The Kier molecular flexibility index (Phi) is 12.2. The van der Waals surface area contributed by atoms with Gasteiger partial charge in [-0.05, 0) is 128 Å². The van der Waals surface area contributed by atoms with Crippen LogP contribution in [0.15, 0.2) is 102 Å². The van der Waals surface area contributed by atoms with Gasteiger partial charge in [0.2, 0.25) is 0 Å². The third-order valence-electron chi connectivity index (χ3n) is 6.45. The molecule has 0 radical (unpaired) electrons. The van der Waals surface area contributed by atoms with Crippen LogP contribution in [0.2, 0.25) is 0 Å². The van der Waals surface area contributed by atoms with Gasteiger partial charge in [-0.3, -0.25) is 4.99 Å². The Bertz CT molecular complexity index is 1370. The molecule has 0 fully saturated rings. The number of carbonyl (C=O) groups excluding carboxylic acids is 2. The molecule has 0 aliphatic heterocycles. The maximum absolute atomic E-state index is 12.0. The Morgan fingerprint density at radius 3 is 1.41 bits per heavy atom. The van der Waals surface area contributed by atoms with Crippen molar-refractivity contribution in [2.24, 2.45) is 4.99 Å². The number of hydrogen-bond donors (Lipinski definition) is 2. The summed E-state index contributed by atoms with van der Waals surface area (Å²) in [6.45, 7) is 1.71. The molecule has 0 heterocycles. The molecule has 0 atom stereocenters. The van der Waals surface area contributed by atoms with Crippen molar-refractivity contribution in [2.45, 2.75) is 25.7 Å². The van der Waals surface area contributed by atoms with Gasteiger partial charge in [0.05, 0.1) is 43.2 Å². The van der Waals surface area contributed by atoms with E-state index in [2.05, 4.69) is 4.99 Å². The van der Waals surface area contributed by atoms with Gasteiger partial charge in [0.15, 0.2) is 0 Å². The number of nitrogens with zero attached hydrogens (tertiary/aromatic N) is 1. The summed E-state index contributed by atoms with van der Waals surface area (Å²) in [6.07, 6.45) is 4.73. The molecule has 0 bridgehead atoms. The summed E-state index contributed by atoms with van der Waals surface area (Å²) in [6, 6.07) is 28.5. The first-order valence-electron chi connectivity index (χ1n) is 14.5.